The molecule has 0 radical (unpaired) electrons. The maximum absolute atomic E-state index is 13.6. The summed E-state index contributed by atoms with van der Waals surface area (Å²) in [5.41, 5.74) is 1.85. The van der Waals surface area contributed by atoms with Crippen LogP contribution in [0.15, 0.2) is 59.3 Å². The van der Waals surface area contributed by atoms with Crippen molar-refractivity contribution in [2.45, 2.75) is 12.5 Å². The van der Waals surface area contributed by atoms with E-state index in [2.05, 4.69) is 16.2 Å². The van der Waals surface area contributed by atoms with E-state index in [-0.39, 0.29) is 48.9 Å². The number of halogens is 1. The van der Waals surface area contributed by atoms with Crippen molar-refractivity contribution in [2.24, 2.45) is 0 Å². The van der Waals surface area contributed by atoms with Gasteiger partial charge in [-0.15, -0.1) is 29.1 Å². The second-order valence-corrected chi connectivity index (χ2v) is 10.5. The monoisotopic (exact) mass is 546 g/mol. The molecule has 1 atom stereocenters. The highest BCUT2D eigenvalue weighted by Crippen LogP contribution is 2.34. The maximum Gasteiger partial charge on any atom is 0.273 e. The van der Waals surface area contributed by atoms with Crippen LogP contribution in [0.3, 0.4) is 0 Å². The number of amides is 3. The molecule has 1 saturated heterocycles. The lowest BCUT2D eigenvalue weighted by atomic mass is 10.0. The second kappa shape index (κ2) is 11.1. The molecular weight excluding hydrogens is 523 g/mol. The summed E-state index contributed by atoms with van der Waals surface area (Å²) >= 11 is 2.71. The first-order chi connectivity index (χ1) is 18.4. The zero-order valence-corrected chi connectivity index (χ0v) is 21.9. The number of nitrogens with zero attached hydrogens (tertiary/aromatic N) is 3. The van der Waals surface area contributed by atoms with Gasteiger partial charge in [-0.25, -0.2) is 9.37 Å². The number of thiophene rings is 1. The Morgan fingerprint density at radius 1 is 1.11 bits per heavy atom. The van der Waals surface area contributed by atoms with Crippen LogP contribution in [0.5, 0.6) is 0 Å². The molecular formula is C28H23FN4O3S2. The summed E-state index contributed by atoms with van der Waals surface area (Å²) in [6.07, 6.45) is 5.88. The smallest absolute Gasteiger partial charge is 0.273 e. The highest BCUT2D eigenvalue weighted by atomic mass is 32.1. The van der Waals surface area contributed by atoms with Gasteiger partial charge in [-0.05, 0) is 46.9 Å². The van der Waals surface area contributed by atoms with Crippen molar-refractivity contribution >= 4 is 50.5 Å². The highest BCUT2D eigenvalue weighted by Gasteiger charge is 2.37. The topological polar surface area (TPSA) is 82.6 Å². The number of hydrogen-bond donors (Lipinski definition) is 1. The predicted octanol–water partition coefficient (Wildman–Crippen LogP) is 3.86. The van der Waals surface area contributed by atoms with E-state index in [0.29, 0.717) is 18.0 Å². The number of terminal acetylenes is 1. The number of carbonyl (C=O) groups is 3. The molecule has 192 valence electrons. The first kappa shape index (κ1) is 25.6. The molecule has 5 rings (SSSR count). The van der Waals surface area contributed by atoms with E-state index >= 15 is 0 Å². The molecule has 1 fully saturated rings. The summed E-state index contributed by atoms with van der Waals surface area (Å²) < 4.78 is 14.2. The fourth-order valence-corrected chi connectivity index (χ4v) is 6.05. The number of benzene rings is 2. The van der Waals surface area contributed by atoms with Crippen LogP contribution in [0.2, 0.25) is 0 Å². The summed E-state index contributed by atoms with van der Waals surface area (Å²) in [5, 5.41) is 7.77. The van der Waals surface area contributed by atoms with Gasteiger partial charge in [0.05, 0.1) is 0 Å². The van der Waals surface area contributed by atoms with Crippen LogP contribution in [-0.4, -0.2) is 58.7 Å². The van der Waals surface area contributed by atoms with Crippen LogP contribution >= 0.6 is 22.7 Å². The van der Waals surface area contributed by atoms with Gasteiger partial charge in [-0.2, -0.15) is 0 Å². The van der Waals surface area contributed by atoms with Gasteiger partial charge in [0.2, 0.25) is 11.8 Å². The van der Waals surface area contributed by atoms with Crippen LogP contribution in [0.1, 0.15) is 32.7 Å². The van der Waals surface area contributed by atoms with Gasteiger partial charge in [0.15, 0.2) is 5.01 Å². The molecule has 1 aliphatic heterocycles. The van der Waals surface area contributed by atoms with Gasteiger partial charge in [-0.1, -0.05) is 30.3 Å². The summed E-state index contributed by atoms with van der Waals surface area (Å²) in [4.78, 5) is 47.0. The van der Waals surface area contributed by atoms with E-state index in [4.69, 9.17) is 6.42 Å². The molecule has 0 saturated carbocycles. The standard InChI is InChI=1S/C28H23FN4O3S2/c1-2-24-31-22(17-38-24)28(36)32-13-14-33(25(34)15-32)26(21-16-37-23-6-4-3-5-20(21)23)27(35)30-12-11-18-7-9-19(29)10-8-18/h1,3-10,16-17,26H,11-15H2,(H,30,35). The van der Waals surface area contributed by atoms with Crippen molar-refractivity contribution in [3.05, 3.63) is 86.9 Å². The van der Waals surface area contributed by atoms with Gasteiger partial charge >= 0.3 is 0 Å². The zero-order valence-electron chi connectivity index (χ0n) is 20.2. The number of aromatic nitrogens is 1. The van der Waals surface area contributed by atoms with Gasteiger partial charge in [0, 0.05) is 35.3 Å². The van der Waals surface area contributed by atoms with Crippen molar-refractivity contribution in [3.8, 4) is 12.3 Å². The van der Waals surface area contributed by atoms with Gasteiger partial charge in [0.1, 0.15) is 24.1 Å². The lowest BCUT2D eigenvalue weighted by Crippen LogP contribution is -2.55. The average Bonchev–Trinajstić information content (AvgIpc) is 3.58. The third kappa shape index (κ3) is 5.30. The lowest BCUT2D eigenvalue weighted by Gasteiger charge is -2.38. The summed E-state index contributed by atoms with van der Waals surface area (Å²) in [7, 11) is 0. The van der Waals surface area contributed by atoms with Crippen molar-refractivity contribution < 1.29 is 18.8 Å². The summed E-state index contributed by atoms with van der Waals surface area (Å²) in [6.45, 7) is 0.617. The average molecular weight is 547 g/mol. The molecule has 1 unspecified atom stereocenters. The third-order valence-electron chi connectivity index (χ3n) is 6.38. The van der Waals surface area contributed by atoms with Crippen molar-refractivity contribution in [1.29, 1.82) is 0 Å². The van der Waals surface area contributed by atoms with E-state index in [1.54, 1.807) is 22.4 Å². The molecule has 10 heteroatoms. The van der Waals surface area contributed by atoms with Crippen LogP contribution in [-0.2, 0) is 16.0 Å². The Labute approximate surface area is 226 Å². The Morgan fingerprint density at radius 3 is 2.63 bits per heavy atom. The lowest BCUT2D eigenvalue weighted by molar-refractivity contribution is -0.144. The maximum atomic E-state index is 13.6. The van der Waals surface area contributed by atoms with E-state index in [1.165, 1.54) is 39.7 Å². The number of fused-ring (bicyclic) bond motifs is 1. The van der Waals surface area contributed by atoms with Gasteiger partial charge in [0.25, 0.3) is 5.91 Å². The first-order valence-electron chi connectivity index (χ1n) is 11.9. The molecule has 1 N–H and O–H groups in total. The van der Waals surface area contributed by atoms with Crippen LogP contribution in [0, 0.1) is 18.2 Å². The van der Waals surface area contributed by atoms with Crippen molar-refractivity contribution in [3.63, 3.8) is 0 Å². The second-order valence-electron chi connectivity index (χ2n) is 8.75. The Kier molecular flexibility index (Phi) is 7.49. The Bertz CT molecular complexity index is 1540. The minimum atomic E-state index is -0.851. The van der Waals surface area contributed by atoms with Crippen LogP contribution in [0.4, 0.5) is 4.39 Å². The molecule has 2 aromatic heterocycles. The van der Waals surface area contributed by atoms with E-state index < -0.39 is 6.04 Å². The van der Waals surface area contributed by atoms with Crippen LogP contribution in [0.25, 0.3) is 10.1 Å². The zero-order chi connectivity index (χ0) is 26.6. The molecule has 0 spiro atoms. The molecule has 2 aromatic carbocycles. The Balaban J connectivity index is 1.35. The minimum Gasteiger partial charge on any atom is -0.354 e. The molecule has 0 aliphatic carbocycles. The largest absolute Gasteiger partial charge is 0.354 e. The van der Waals surface area contributed by atoms with E-state index in [9.17, 15) is 18.8 Å². The number of piperazine rings is 1. The third-order valence-corrected chi connectivity index (χ3v) is 8.14. The summed E-state index contributed by atoms with van der Waals surface area (Å²) in [5.74, 6) is 1.10. The number of nitrogens with one attached hydrogen (secondary N) is 1. The SMILES string of the molecule is C#Cc1nc(C(=O)N2CCN(C(C(=O)NCCc3ccc(F)cc3)c3csc4ccccc34)C(=O)C2)cs1. The van der Waals surface area contributed by atoms with Gasteiger partial charge < -0.3 is 15.1 Å². The molecule has 0 bridgehead atoms. The first-order valence-corrected chi connectivity index (χ1v) is 13.7. The summed E-state index contributed by atoms with van der Waals surface area (Å²) in [6, 6.07) is 13.0. The molecule has 1 aliphatic rings. The highest BCUT2D eigenvalue weighted by molar-refractivity contribution is 7.17. The van der Waals surface area contributed by atoms with Crippen molar-refractivity contribution in [1.82, 2.24) is 20.1 Å². The van der Waals surface area contributed by atoms with E-state index in [1.807, 2.05) is 29.6 Å². The Morgan fingerprint density at radius 2 is 1.89 bits per heavy atom. The number of carbonyl (C=O) groups excluding carboxylic acids is 3. The minimum absolute atomic E-state index is 0.164. The molecule has 7 nitrogen and oxygen atoms in total. The quantitative estimate of drug-likeness (QED) is 0.357. The molecule has 38 heavy (non-hydrogen) atoms. The normalized spacial score (nSPS) is 14.4. The predicted molar refractivity (Wildman–Crippen MR) is 145 cm³/mol. The number of thiazole rings is 1. The van der Waals surface area contributed by atoms with Crippen LogP contribution < -0.4 is 5.32 Å². The number of hydrogen-bond acceptors (Lipinski definition) is 6. The molecule has 4 aromatic rings. The number of rotatable bonds is 7. The van der Waals surface area contributed by atoms with E-state index in [0.717, 1.165) is 21.2 Å². The molecule has 3 heterocycles. The molecule has 3 amide bonds. The fourth-order valence-electron chi connectivity index (χ4n) is 4.47. The fraction of sp³-hybridized carbons (Fsp3) is 0.214. The van der Waals surface area contributed by atoms with Gasteiger partial charge in [-0.3, -0.25) is 14.4 Å². The van der Waals surface area contributed by atoms with Crippen molar-refractivity contribution in [2.75, 3.05) is 26.2 Å². The Hall–Kier alpha value is -4.07.